The van der Waals surface area contributed by atoms with Crippen LogP contribution in [0, 0.1) is 11.8 Å². The molecule has 1 aliphatic carbocycles. The summed E-state index contributed by atoms with van der Waals surface area (Å²) in [5.41, 5.74) is 6.09. The van der Waals surface area contributed by atoms with Crippen LogP contribution >= 0.6 is 11.6 Å². The lowest BCUT2D eigenvalue weighted by molar-refractivity contribution is 0.360. The van der Waals surface area contributed by atoms with Gasteiger partial charge in [-0.15, -0.1) is 0 Å². The molecule has 1 aliphatic rings. The van der Waals surface area contributed by atoms with Gasteiger partial charge in [-0.3, -0.25) is 0 Å². The predicted octanol–water partition coefficient (Wildman–Crippen LogP) is 3.58. The van der Waals surface area contributed by atoms with Crippen molar-refractivity contribution < 1.29 is 0 Å². The van der Waals surface area contributed by atoms with Gasteiger partial charge >= 0.3 is 0 Å². The largest absolute Gasteiger partial charge is 0.405 e. The zero-order chi connectivity index (χ0) is 15.0. The third-order valence-electron chi connectivity index (χ3n) is 3.96. The first-order valence-electron chi connectivity index (χ1n) is 7.23. The minimum Gasteiger partial charge on any atom is -0.405 e. The second-order valence-corrected chi connectivity index (χ2v) is 5.78. The van der Waals surface area contributed by atoms with E-state index in [9.17, 15) is 0 Å². The van der Waals surface area contributed by atoms with Crippen LogP contribution < -0.4 is 11.1 Å². The van der Waals surface area contributed by atoms with E-state index in [0.717, 1.165) is 18.0 Å². The second kappa shape index (κ2) is 8.98. The Morgan fingerprint density at radius 2 is 2.25 bits per heavy atom. The molecule has 0 aliphatic heterocycles. The molecule has 3 nitrogen and oxygen atoms in total. The molecule has 3 atom stereocenters. The zero-order valence-electron chi connectivity index (χ0n) is 12.5. The van der Waals surface area contributed by atoms with Gasteiger partial charge in [0.15, 0.2) is 0 Å². The van der Waals surface area contributed by atoms with Crippen LogP contribution in [-0.4, -0.2) is 18.3 Å². The normalized spacial score (nSPS) is 25.6. The lowest BCUT2D eigenvalue weighted by Gasteiger charge is -2.22. The van der Waals surface area contributed by atoms with Crippen molar-refractivity contribution in [3.63, 3.8) is 0 Å². The fourth-order valence-electron chi connectivity index (χ4n) is 2.77. The molecule has 0 amide bonds. The lowest BCUT2D eigenvalue weighted by Crippen LogP contribution is -2.30. The van der Waals surface area contributed by atoms with Crippen molar-refractivity contribution in [2.45, 2.75) is 38.6 Å². The molecule has 0 aromatic carbocycles. The number of hydrogen-bond donors (Lipinski definition) is 2. The zero-order valence-corrected chi connectivity index (χ0v) is 13.2. The van der Waals surface area contributed by atoms with Crippen LogP contribution in [-0.2, 0) is 0 Å². The molecule has 3 N–H and O–H groups in total. The highest BCUT2D eigenvalue weighted by Crippen LogP contribution is 2.32. The number of hydrogen-bond acceptors (Lipinski definition) is 3. The average molecular weight is 296 g/mol. The fraction of sp³-hybridized carbons (Fsp3) is 0.562. The van der Waals surface area contributed by atoms with E-state index in [4.69, 9.17) is 17.3 Å². The van der Waals surface area contributed by atoms with Crippen LogP contribution in [0.2, 0.25) is 0 Å². The summed E-state index contributed by atoms with van der Waals surface area (Å²) in [4.78, 5) is 4.35. The van der Waals surface area contributed by atoms with E-state index in [2.05, 4.69) is 23.8 Å². The quantitative estimate of drug-likeness (QED) is 0.557. The highest BCUT2D eigenvalue weighted by Gasteiger charge is 2.27. The second-order valence-electron chi connectivity index (χ2n) is 5.39. The van der Waals surface area contributed by atoms with E-state index in [0.29, 0.717) is 17.1 Å². The third kappa shape index (κ3) is 5.51. The number of nitrogens with two attached hydrogens (primary N) is 1. The molecule has 20 heavy (non-hydrogen) atoms. The maximum Gasteiger partial charge on any atom is 0.129 e. The summed E-state index contributed by atoms with van der Waals surface area (Å²) in [6, 6.07) is 0.638. The van der Waals surface area contributed by atoms with Gasteiger partial charge in [0.25, 0.3) is 0 Å². The van der Waals surface area contributed by atoms with Crippen LogP contribution in [0.25, 0.3) is 0 Å². The summed E-state index contributed by atoms with van der Waals surface area (Å²) in [6.07, 6.45) is 11.6. The molecule has 0 radical (unpaired) electrons. The van der Waals surface area contributed by atoms with E-state index in [-0.39, 0.29) is 0 Å². The molecule has 0 aromatic heterocycles. The van der Waals surface area contributed by atoms with Crippen LogP contribution in [0.3, 0.4) is 0 Å². The van der Waals surface area contributed by atoms with Crippen molar-refractivity contribution >= 4 is 16.8 Å². The van der Waals surface area contributed by atoms with E-state index >= 15 is 0 Å². The summed E-state index contributed by atoms with van der Waals surface area (Å²) < 4.78 is 0. The number of allylic oxidation sites excluding steroid dienone is 4. The molecule has 3 unspecified atom stereocenters. The van der Waals surface area contributed by atoms with Crippen molar-refractivity contribution in [3.05, 3.63) is 36.7 Å². The molecule has 0 spiro atoms. The molecule has 4 heteroatoms. The van der Waals surface area contributed by atoms with Crippen molar-refractivity contribution in [1.29, 1.82) is 0 Å². The van der Waals surface area contributed by atoms with Gasteiger partial charge in [-0.25, -0.2) is 4.99 Å². The Morgan fingerprint density at radius 1 is 1.50 bits per heavy atom. The summed E-state index contributed by atoms with van der Waals surface area (Å²) in [5, 5.41) is 3.85. The Kier molecular flexibility index (Phi) is 7.63. The first kappa shape index (κ1) is 17.0. The van der Waals surface area contributed by atoms with Crippen molar-refractivity contribution in [2.75, 3.05) is 7.05 Å². The molecule has 1 saturated carbocycles. The first-order valence-corrected chi connectivity index (χ1v) is 7.61. The number of rotatable bonds is 7. The molecule has 0 saturated heterocycles. The molecule has 0 bridgehead atoms. The van der Waals surface area contributed by atoms with Gasteiger partial charge in [0.1, 0.15) is 5.17 Å². The Hall–Kier alpha value is -1.06. The van der Waals surface area contributed by atoms with E-state index in [1.165, 1.54) is 25.5 Å². The molecular formula is C16H26ClN3. The van der Waals surface area contributed by atoms with Gasteiger partial charge in [-0.1, -0.05) is 37.6 Å². The highest BCUT2D eigenvalue weighted by molar-refractivity contribution is 6.68. The highest BCUT2D eigenvalue weighted by atomic mass is 35.5. The maximum atomic E-state index is 6.04. The predicted molar refractivity (Wildman–Crippen MR) is 88.9 cm³/mol. The molecular weight excluding hydrogens is 270 g/mol. The van der Waals surface area contributed by atoms with E-state index in [1.807, 2.05) is 7.05 Å². The molecule has 112 valence electrons. The Bertz CT molecular complexity index is 399. The standard InChI is InChI=1S/C16H26ClN3/c1-12(11-14-7-6-8-15(14)19-3)13(2)20-16(17)9-4-5-10-18/h4-5,9-10,12,14-15,19H,2,6-8,11,18H2,1,3H3/b9-4-,10-5+,20-16?. The van der Waals surface area contributed by atoms with Crippen LogP contribution in [0.5, 0.6) is 0 Å². The van der Waals surface area contributed by atoms with Crippen LogP contribution in [0.4, 0.5) is 0 Å². The molecule has 0 aromatic rings. The molecule has 1 fully saturated rings. The maximum absolute atomic E-state index is 6.04. The van der Waals surface area contributed by atoms with Gasteiger partial charge in [-0.05, 0) is 56.5 Å². The summed E-state index contributed by atoms with van der Waals surface area (Å²) >= 11 is 6.04. The van der Waals surface area contributed by atoms with Gasteiger partial charge < -0.3 is 11.1 Å². The molecule has 0 heterocycles. The van der Waals surface area contributed by atoms with Gasteiger partial charge in [-0.2, -0.15) is 0 Å². The fourth-order valence-corrected chi connectivity index (χ4v) is 2.95. The van der Waals surface area contributed by atoms with Crippen molar-refractivity contribution in [2.24, 2.45) is 22.6 Å². The number of aliphatic imine (C=N–C) groups is 1. The van der Waals surface area contributed by atoms with Crippen molar-refractivity contribution in [3.8, 4) is 0 Å². The molecule has 1 rings (SSSR count). The summed E-state index contributed by atoms with van der Waals surface area (Å²) in [7, 11) is 2.05. The average Bonchev–Trinajstić information content (AvgIpc) is 2.86. The smallest absolute Gasteiger partial charge is 0.129 e. The van der Waals surface area contributed by atoms with Gasteiger partial charge in [0.2, 0.25) is 0 Å². The SMILES string of the molecule is C=C(N=C(Cl)/C=C\C=C\N)C(C)CC1CCCC1NC. The van der Waals surface area contributed by atoms with Crippen molar-refractivity contribution in [1.82, 2.24) is 5.32 Å². The monoisotopic (exact) mass is 295 g/mol. The lowest BCUT2D eigenvalue weighted by atomic mass is 9.90. The first-order chi connectivity index (χ1) is 9.58. The van der Waals surface area contributed by atoms with Gasteiger partial charge in [0.05, 0.1) is 0 Å². The van der Waals surface area contributed by atoms with Crippen LogP contribution in [0.1, 0.15) is 32.6 Å². The minimum absolute atomic E-state index is 0.348. The van der Waals surface area contributed by atoms with E-state index in [1.54, 1.807) is 18.2 Å². The van der Waals surface area contributed by atoms with Gasteiger partial charge in [0, 0.05) is 11.7 Å². The summed E-state index contributed by atoms with van der Waals surface area (Å²) in [6.45, 7) is 6.22. The number of nitrogens with zero attached hydrogens (tertiary/aromatic N) is 1. The topological polar surface area (TPSA) is 50.4 Å². The number of nitrogens with one attached hydrogen (secondary N) is 1. The Morgan fingerprint density at radius 3 is 2.90 bits per heavy atom. The Labute approximate surface area is 127 Å². The number of halogens is 1. The van der Waals surface area contributed by atoms with Crippen LogP contribution in [0.15, 0.2) is 41.7 Å². The minimum atomic E-state index is 0.348. The summed E-state index contributed by atoms with van der Waals surface area (Å²) in [5.74, 6) is 1.07. The Balaban J connectivity index is 2.52. The van der Waals surface area contributed by atoms with E-state index < -0.39 is 0 Å². The third-order valence-corrected chi connectivity index (χ3v) is 4.17.